The van der Waals surface area contributed by atoms with Gasteiger partial charge in [0.15, 0.2) is 0 Å². The van der Waals surface area contributed by atoms with Crippen LogP contribution in [0.5, 0.6) is 5.88 Å². The van der Waals surface area contributed by atoms with E-state index in [2.05, 4.69) is 9.88 Å². The lowest BCUT2D eigenvalue weighted by molar-refractivity contribution is -0.112. The minimum atomic E-state index is -0.497. The number of piperazine rings is 1. The number of pyridine rings is 1. The van der Waals surface area contributed by atoms with E-state index in [1.54, 1.807) is 6.20 Å². The molecule has 0 radical (unpaired) electrons. The molecule has 2 fully saturated rings. The van der Waals surface area contributed by atoms with Crippen LogP contribution in [0.2, 0.25) is 0 Å². The van der Waals surface area contributed by atoms with Crippen molar-refractivity contribution >= 4 is 18.1 Å². The third-order valence-electron chi connectivity index (χ3n) is 6.30. The number of nitrogens with zero attached hydrogens (tertiary/aromatic N) is 3. The molecule has 2 atom stereocenters. The number of likely N-dealkylation sites (tertiary alicyclic amines) is 1. The van der Waals surface area contributed by atoms with E-state index in [0.717, 1.165) is 18.5 Å². The number of hydrogen-bond acceptors (Lipinski definition) is 11. The Labute approximate surface area is 237 Å². The molecule has 0 aromatic carbocycles. The highest BCUT2D eigenvalue weighted by molar-refractivity contribution is 5.69. The Morgan fingerprint density at radius 3 is 1.93 bits per heavy atom. The lowest BCUT2D eigenvalue weighted by Crippen LogP contribution is -2.56. The summed E-state index contributed by atoms with van der Waals surface area (Å²) >= 11 is 0. The van der Waals surface area contributed by atoms with E-state index in [0.29, 0.717) is 91.3 Å². The van der Waals surface area contributed by atoms with Crippen LogP contribution in [0.4, 0.5) is 10.5 Å². The first kappa shape index (κ1) is 32.0. The van der Waals surface area contributed by atoms with Crippen molar-refractivity contribution in [2.75, 3.05) is 90.7 Å². The molecule has 12 nitrogen and oxygen atoms in total. The van der Waals surface area contributed by atoms with E-state index >= 15 is 0 Å². The monoisotopic (exact) mass is 567 g/mol. The summed E-state index contributed by atoms with van der Waals surface area (Å²) in [6, 6.07) is 4.47. The second-order valence-corrected chi connectivity index (χ2v) is 10.6. The molecule has 3 heterocycles. The summed E-state index contributed by atoms with van der Waals surface area (Å²) in [5.74, 6) is 0.556. The highest BCUT2D eigenvalue weighted by Gasteiger charge is 2.42. The summed E-state index contributed by atoms with van der Waals surface area (Å²) in [4.78, 5) is 31.3. The summed E-state index contributed by atoms with van der Waals surface area (Å²) in [6.45, 7) is 11.6. The van der Waals surface area contributed by atoms with Gasteiger partial charge in [-0.3, -0.25) is 0 Å². The molecule has 40 heavy (non-hydrogen) atoms. The predicted molar refractivity (Wildman–Crippen MR) is 147 cm³/mol. The molecule has 1 aromatic rings. The number of carbonyl (C=O) groups excluding carboxylic acids is 2. The Morgan fingerprint density at radius 1 is 0.875 bits per heavy atom. The van der Waals surface area contributed by atoms with Gasteiger partial charge >= 0.3 is 6.09 Å². The highest BCUT2D eigenvalue weighted by atomic mass is 16.6. The number of hydrogen-bond donors (Lipinski definition) is 0. The van der Waals surface area contributed by atoms with Gasteiger partial charge in [0.2, 0.25) is 5.88 Å². The molecule has 2 saturated heterocycles. The van der Waals surface area contributed by atoms with Crippen molar-refractivity contribution in [3.63, 3.8) is 0 Å². The van der Waals surface area contributed by atoms with Gasteiger partial charge in [-0.05, 0) is 39.7 Å². The fourth-order valence-electron chi connectivity index (χ4n) is 4.65. The topological polar surface area (TPSA) is 118 Å². The van der Waals surface area contributed by atoms with Gasteiger partial charge in [0, 0.05) is 43.1 Å². The Balaban J connectivity index is 1.23. The first-order valence-electron chi connectivity index (χ1n) is 14.0. The number of amides is 1. The van der Waals surface area contributed by atoms with Crippen LogP contribution in [0.1, 0.15) is 33.6 Å². The zero-order valence-corrected chi connectivity index (χ0v) is 24.1. The van der Waals surface area contributed by atoms with Gasteiger partial charge < -0.3 is 47.8 Å². The maximum atomic E-state index is 12.6. The largest absolute Gasteiger partial charge is 0.475 e. The van der Waals surface area contributed by atoms with Gasteiger partial charge in [-0.1, -0.05) is 0 Å². The average molecular weight is 568 g/mol. The van der Waals surface area contributed by atoms with Gasteiger partial charge in [0.25, 0.3) is 0 Å². The van der Waals surface area contributed by atoms with E-state index in [4.69, 9.17) is 33.2 Å². The van der Waals surface area contributed by atoms with Crippen LogP contribution in [0.15, 0.2) is 18.3 Å². The number of carbonyl (C=O) groups is 2. The van der Waals surface area contributed by atoms with Gasteiger partial charge in [-0.2, -0.15) is 0 Å². The molecule has 2 bridgehead atoms. The second kappa shape index (κ2) is 17.3. The molecule has 1 amide bonds. The Morgan fingerprint density at radius 2 is 1.40 bits per heavy atom. The van der Waals surface area contributed by atoms with Crippen LogP contribution >= 0.6 is 0 Å². The van der Waals surface area contributed by atoms with E-state index in [1.807, 2.05) is 37.8 Å². The minimum Gasteiger partial charge on any atom is -0.475 e. The number of fused-ring (bicyclic) bond motifs is 2. The van der Waals surface area contributed by atoms with E-state index < -0.39 is 5.60 Å². The van der Waals surface area contributed by atoms with Gasteiger partial charge in [0.1, 0.15) is 25.1 Å². The van der Waals surface area contributed by atoms with Crippen molar-refractivity contribution in [1.29, 1.82) is 0 Å². The second-order valence-electron chi connectivity index (χ2n) is 10.6. The van der Waals surface area contributed by atoms with Crippen molar-refractivity contribution in [3.8, 4) is 5.88 Å². The molecule has 226 valence electrons. The molecule has 12 heteroatoms. The number of aromatic nitrogens is 1. The van der Waals surface area contributed by atoms with Crippen LogP contribution in [0.3, 0.4) is 0 Å². The molecule has 0 saturated carbocycles. The molecular formula is C28H45N3O9. The van der Waals surface area contributed by atoms with Crippen LogP contribution in [-0.4, -0.2) is 126 Å². The Kier molecular flexibility index (Phi) is 13.9. The number of aldehydes is 1. The molecule has 2 unspecified atom stereocenters. The standard InChI is InChI=1S/C28H45N3O9/c1-28(2,3)40-27(33)30-21-24-4-5-25(22-30)31(24)23-6-7-29-26(20-23)39-19-18-38-17-16-37-15-14-36-13-12-35-11-10-34-9-8-32/h6-8,20,24-25H,4-5,9-19,21-22H2,1-3H3. The lowest BCUT2D eigenvalue weighted by atomic mass is 10.1. The minimum absolute atomic E-state index is 0.0959. The van der Waals surface area contributed by atoms with Crippen molar-refractivity contribution in [3.05, 3.63) is 18.3 Å². The summed E-state index contributed by atoms with van der Waals surface area (Å²) in [7, 11) is 0. The molecule has 1 aromatic heterocycles. The fourth-order valence-corrected chi connectivity index (χ4v) is 4.65. The summed E-state index contributed by atoms with van der Waals surface area (Å²) in [5, 5.41) is 0. The number of anilines is 1. The molecule has 2 aliphatic rings. The van der Waals surface area contributed by atoms with Crippen molar-refractivity contribution in [2.24, 2.45) is 0 Å². The first-order valence-corrected chi connectivity index (χ1v) is 14.0. The summed E-state index contributed by atoms with van der Waals surface area (Å²) in [6.07, 6.45) is 4.32. The SMILES string of the molecule is CC(C)(C)OC(=O)N1CC2CCC(C1)N2c1ccnc(OCCOCCOCCOCCOCCOCC=O)c1. The third-order valence-corrected chi connectivity index (χ3v) is 6.30. The quantitative estimate of drug-likeness (QED) is 0.181. The van der Waals surface area contributed by atoms with Gasteiger partial charge in [-0.15, -0.1) is 0 Å². The maximum absolute atomic E-state index is 12.6. The Hall–Kier alpha value is -2.51. The zero-order valence-electron chi connectivity index (χ0n) is 24.1. The summed E-state index contributed by atoms with van der Waals surface area (Å²) < 4.78 is 38.2. The normalized spacial score (nSPS) is 18.7. The smallest absolute Gasteiger partial charge is 0.410 e. The van der Waals surface area contributed by atoms with Crippen molar-refractivity contribution in [2.45, 2.75) is 51.3 Å². The third kappa shape index (κ3) is 11.5. The lowest BCUT2D eigenvalue weighted by Gasteiger charge is -2.42. The molecule has 0 N–H and O–H groups in total. The van der Waals surface area contributed by atoms with E-state index in [-0.39, 0.29) is 24.8 Å². The van der Waals surface area contributed by atoms with Crippen LogP contribution in [0.25, 0.3) is 0 Å². The molecule has 0 spiro atoms. The fraction of sp³-hybridized carbons (Fsp3) is 0.750. The van der Waals surface area contributed by atoms with Crippen LogP contribution in [-0.2, 0) is 33.2 Å². The van der Waals surface area contributed by atoms with Gasteiger partial charge in [-0.25, -0.2) is 9.78 Å². The zero-order chi connectivity index (χ0) is 28.6. The van der Waals surface area contributed by atoms with E-state index in [9.17, 15) is 9.59 Å². The molecule has 3 rings (SSSR count). The van der Waals surface area contributed by atoms with Crippen molar-refractivity contribution in [1.82, 2.24) is 9.88 Å². The van der Waals surface area contributed by atoms with Crippen LogP contribution < -0.4 is 9.64 Å². The maximum Gasteiger partial charge on any atom is 0.410 e. The molecule has 2 aliphatic heterocycles. The number of rotatable bonds is 19. The van der Waals surface area contributed by atoms with Crippen LogP contribution in [0, 0.1) is 0 Å². The average Bonchev–Trinajstić information content (AvgIpc) is 3.18. The summed E-state index contributed by atoms with van der Waals surface area (Å²) in [5.41, 5.74) is 0.566. The number of ether oxygens (including phenoxy) is 7. The highest BCUT2D eigenvalue weighted by Crippen LogP contribution is 2.36. The molecule has 0 aliphatic carbocycles. The van der Waals surface area contributed by atoms with E-state index in [1.165, 1.54) is 0 Å². The predicted octanol–water partition coefficient (Wildman–Crippen LogP) is 2.33. The van der Waals surface area contributed by atoms with Gasteiger partial charge in [0.05, 0.1) is 59.5 Å². The Bertz CT molecular complexity index is 869. The van der Waals surface area contributed by atoms with Crippen molar-refractivity contribution < 1.29 is 42.7 Å². The molecular weight excluding hydrogens is 522 g/mol. The first-order chi connectivity index (χ1) is 19.4.